The van der Waals surface area contributed by atoms with E-state index < -0.39 is 5.60 Å². The van der Waals surface area contributed by atoms with Crippen LogP contribution in [0.2, 0.25) is 0 Å². The third kappa shape index (κ3) is 8.76. The standard InChI is InChI=1S/C25H36N4O4/c1-25(2,3)33-24(32)27(4)18-20-10-8-16-28(19-20)22(30)13-14-23(31)29(17-9-15-26)21-11-6-5-7-12-21/h5-7,11-12,20H,8-10,13-14,16-19H2,1-4H3. The average Bonchev–Trinajstić information content (AvgIpc) is 2.77. The lowest BCUT2D eigenvalue weighted by Crippen LogP contribution is -2.45. The van der Waals surface area contributed by atoms with Crippen molar-refractivity contribution in [1.29, 1.82) is 5.26 Å². The SMILES string of the molecule is CN(CC1CCCN(C(=O)CCC(=O)N(CCC#N)c2ccccc2)C1)C(=O)OC(C)(C)C. The number of hydrogen-bond donors (Lipinski definition) is 0. The number of rotatable bonds is 8. The molecule has 180 valence electrons. The number of hydrogen-bond acceptors (Lipinski definition) is 5. The van der Waals surface area contributed by atoms with Crippen molar-refractivity contribution in [2.24, 2.45) is 5.92 Å². The Morgan fingerprint density at radius 1 is 1.18 bits per heavy atom. The molecule has 3 amide bonds. The maximum Gasteiger partial charge on any atom is 0.410 e. The van der Waals surface area contributed by atoms with Gasteiger partial charge in [-0.25, -0.2) is 4.79 Å². The molecule has 0 bridgehead atoms. The van der Waals surface area contributed by atoms with E-state index in [4.69, 9.17) is 10.00 Å². The normalized spacial score (nSPS) is 16.0. The molecule has 33 heavy (non-hydrogen) atoms. The van der Waals surface area contributed by atoms with E-state index in [-0.39, 0.29) is 43.1 Å². The summed E-state index contributed by atoms with van der Waals surface area (Å²) in [4.78, 5) is 42.8. The van der Waals surface area contributed by atoms with Crippen LogP contribution in [0, 0.1) is 17.2 Å². The van der Waals surface area contributed by atoms with Gasteiger partial charge in [-0.2, -0.15) is 5.26 Å². The summed E-state index contributed by atoms with van der Waals surface area (Å²) in [5.74, 6) is -0.0448. The van der Waals surface area contributed by atoms with Crippen molar-refractivity contribution in [1.82, 2.24) is 9.80 Å². The molecule has 2 rings (SSSR count). The van der Waals surface area contributed by atoms with Gasteiger partial charge in [0.1, 0.15) is 5.60 Å². The molecule has 1 fully saturated rings. The fraction of sp³-hybridized carbons (Fsp3) is 0.600. The van der Waals surface area contributed by atoms with Gasteiger partial charge in [-0.1, -0.05) is 18.2 Å². The summed E-state index contributed by atoms with van der Waals surface area (Å²) in [7, 11) is 1.72. The molecule has 1 aromatic rings. The summed E-state index contributed by atoms with van der Waals surface area (Å²) in [6, 6.07) is 11.3. The first-order valence-corrected chi connectivity index (χ1v) is 11.5. The highest BCUT2D eigenvalue weighted by atomic mass is 16.6. The fourth-order valence-electron chi connectivity index (χ4n) is 3.92. The van der Waals surface area contributed by atoms with Crippen LogP contribution in [0.25, 0.3) is 0 Å². The van der Waals surface area contributed by atoms with Crippen LogP contribution in [0.1, 0.15) is 52.9 Å². The zero-order valence-corrected chi connectivity index (χ0v) is 20.2. The monoisotopic (exact) mass is 456 g/mol. The number of piperidine rings is 1. The molecule has 1 aliphatic heterocycles. The molecule has 1 aromatic carbocycles. The van der Waals surface area contributed by atoms with E-state index in [9.17, 15) is 14.4 Å². The van der Waals surface area contributed by atoms with Crippen LogP contribution < -0.4 is 4.90 Å². The molecular formula is C25H36N4O4. The van der Waals surface area contributed by atoms with Crippen molar-refractivity contribution in [3.8, 4) is 6.07 Å². The summed E-state index contributed by atoms with van der Waals surface area (Å²) >= 11 is 0. The van der Waals surface area contributed by atoms with Crippen LogP contribution in [0.15, 0.2) is 30.3 Å². The number of amides is 3. The van der Waals surface area contributed by atoms with Crippen molar-refractivity contribution < 1.29 is 19.1 Å². The molecule has 1 heterocycles. The first kappa shape index (κ1) is 26.2. The molecule has 1 unspecified atom stereocenters. The molecule has 0 radical (unpaired) electrons. The second kappa shape index (κ2) is 12.2. The number of para-hydroxylation sites is 1. The lowest BCUT2D eigenvalue weighted by atomic mass is 9.97. The van der Waals surface area contributed by atoms with E-state index in [0.717, 1.165) is 18.5 Å². The third-order valence-corrected chi connectivity index (χ3v) is 5.48. The van der Waals surface area contributed by atoms with Crippen LogP contribution in [0.5, 0.6) is 0 Å². The van der Waals surface area contributed by atoms with Crippen LogP contribution in [-0.2, 0) is 14.3 Å². The summed E-state index contributed by atoms with van der Waals surface area (Å²) in [5, 5.41) is 8.93. The van der Waals surface area contributed by atoms with Crippen molar-refractivity contribution >= 4 is 23.6 Å². The van der Waals surface area contributed by atoms with Gasteiger partial charge >= 0.3 is 6.09 Å². The molecule has 0 aliphatic carbocycles. The average molecular weight is 457 g/mol. The van der Waals surface area contributed by atoms with Crippen molar-refractivity contribution in [2.75, 3.05) is 38.1 Å². The van der Waals surface area contributed by atoms with Gasteiger partial charge in [0.15, 0.2) is 0 Å². The van der Waals surface area contributed by atoms with Gasteiger partial charge in [-0.15, -0.1) is 0 Å². The highest BCUT2D eigenvalue weighted by molar-refractivity contribution is 5.95. The predicted molar refractivity (Wildman–Crippen MR) is 126 cm³/mol. The van der Waals surface area contributed by atoms with Gasteiger partial charge in [0.05, 0.1) is 12.5 Å². The van der Waals surface area contributed by atoms with E-state index in [2.05, 4.69) is 6.07 Å². The first-order chi connectivity index (χ1) is 15.6. The van der Waals surface area contributed by atoms with Gasteiger partial charge in [-0.3, -0.25) is 9.59 Å². The lowest BCUT2D eigenvalue weighted by Gasteiger charge is -2.35. The van der Waals surface area contributed by atoms with Gasteiger partial charge < -0.3 is 19.4 Å². The highest BCUT2D eigenvalue weighted by Gasteiger charge is 2.28. The summed E-state index contributed by atoms with van der Waals surface area (Å²) in [5.41, 5.74) is 0.182. The maximum absolute atomic E-state index is 12.8. The summed E-state index contributed by atoms with van der Waals surface area (Å²) in [6.07, 6.45) is 1.89. The number of nitriles is 1. The van der Waals surface area contributed by atoms with E-state index in [0.29, 0.717) is 26.2 Å². The lowest BCUT2D eigenvalue weighted by molar-refractivity contribution is -0.134. The molecule has 0 aromatic heterocycles. The Labute approximate surface area is 197 Å². The Morgan fingerprint density at radius 2 is 1.88 bits per heavy atom. The van der Waals surface area contributed by atoms with Gasteiger partial charge in [-0.05, 0) is 51.7 Å². The quantitative estimate of drug-likeness (QED) is 0.593. The number of likely N-dealkylation sites (tertiary alicyclic amines) is 1. The molecule has 0 saturated carbocycles. The number of carbonyl (C=O) groups is 3. The van der Waals surface area contributed by atoms with E-state index in [1.54, 1.807) is 21.7 Å². The smallest absolute Gasteiger partial charge is 0.410 e. The molecule has 0 N–H and O–H groups in total. The largest absolute Gasteiger partial charge is 0.444 e. The molecular weight excluding hydrogens is 420 g/mol. The minimum Gasteiger partial charge on any atom is -0.444 e. The Bertz CT molecular complexity index is 844. The maximum atomic E-state index is 12.8. The Morgan fingerprint density at radius 3 is 2.52 bits per heavy atom. The summed E-state index contributed by atoms with van der Waals surface area (Å²) in [6.45, 7) is 7.55. The molecule has 1 aliphatic rings. The van der Waals surface area contributed by atoms with Crippen molar-refractivity contribution in [2.45, 2.75) is 58.5 Å². The highest BCUT2D eigenvalue weighted by Crippen LogP contribution is 2.21. The minimum absolute atomic E-state index is 0.0544. The Balaban J connectivity index is 1.88. The summed E-state index contributed by atoms with van der Waals surface area (Å²) < 4.78 is 5.41. The zero-order chi connectivity index (χ0) is 24.4. The van der Waals surface area contributed by atoms with Gasteiger partial charge in [0.25, 0.3) is 0 Å². The molecule has 8 heteroatoms. The molecule has 1 atom stereocenters. The minimum atomic E-state index is -0.548. The van der Waals surface area contributed by atoms with Gasteiger partial charge in [0, 0.05) is 51.8 Å². The topological polar surface area (TPSA) is 94.0 Å². The van der Waals surface area contributed by atoms with Crippen molar-refractivity contribution in [3.05, 3.63) is 30.3 Å². The van der Waals surface area contributed by atoms with E-state index in [1.165, 1.54) is 0 Å². The van der Waals surface area contributed by atoms with Crippen LogP contribution in [-0.4, -0.2) is 66.5 Å². The second-order valence-electron chi connectivity index (χ2n) is 9.50. The number of anilines is 1. The van der Waals surface area contributed by atoms with E-state index in [1.807, 2.05) is 51.1 Å². The van der Waals surface area contributed by atoms with E-state index >= 15 is 0 Å². The first-order valence-electron chi connectivity index (χ1n) is 11.5. The Kier molecular flexibility index (Phi) is 9.71. The number of ether oxygens (including phenoxy) is 1. The molecule has 1 saturated heterocycles. The number of nitrogens with zero attached hydrogens (tertiary/aromatic N) is 4. The zero-order valence-electron chi connectivity index (χ0n) is 20.2. The van der Waals surface area contributed by atoms with Crippen LogP contribution >= 0.6 is 0 Å². The van der Waals surface area contributed by atoms with Crippen LogP contribution in [0.4, 0.5) is 10.5 Å². The van der Waals surface area contributed by atoms with Crippen molar-refractivity contribution in [3.63, 3.8) is 0 Å². The fourth-order valence-corrected chi connectivity index (χ4v) is 3.92. The third-order valence-electron chi connectivity index (χ3n) is 5.48. The number of benzene rings is 1. The second-order valence-corrected chi connectivity index (χ2v) is 9.50. The Hall–Kier alpha value is -3.08. The van der Waals surface area contributed by atoms with Gasteiger partial charge in [0.2, 0.25) is 11.8 Å². The predicted octanol–water partition coefficient (Wildman–Crippen LogP) is 3.82. The number of carbonyl (C=O) groups excluding carboxylic acids is 3. The molecule has 8 nitrogen and oxygen atoms in total. The van der Waals surface area contributed by atoms with Crippen LogP contribution in [0.3, 0.4) is 0 Å². The molecule has 0 spiro atoms.